The Morgan fingerprint density at radius 3 is 2.64 bits per heavy atom. The van der Waals surface area contributed by atoms with E-state index in [2.05, 4.69) is 37.6 Å². The van der Waals surface area contributed by atoms with Gasteiger partial charge in [-0.15, -0.1) is 0 Å². The van der Waals surface area contributed by atoms with Crippen molar-refractivity contribution in [3.05, 3.63) is 59.9 Å². The number of hydrogen-bond donors (Lipinski definition) is 2. The molecule has 3 rings (SSSR count). The average Bonchev–Trinajstić information content (AvgIpc) is 3.28. The standard InChI is InChI=1S/C22H31N5O/c1-23-22(25-14-12-18-9-5-6-13-24-18)26-17-20(27-15-7-8-16-27)19-10-3-4-11-21(19)28-2/h3-6,9-11,13,20H,7-8,12,14-17H2,1-2H3,(H2,23,25,26). The maximum absolute atomic E-state index is 5.63. The van der Waals surface area contributed by atoms with Crippen molar-refractivity contribution < 1.29 is 4.74 Å². The van der Waals surface area contributed by atoms with Crippen molar-refractivity contribution in [1.29, 1.82) is 0 Å². The van der Waals surface area contributed by atoms with Crippen molar-refractivity contribution in [3.8, 4) is 5.75 Å². The summed E-state index contributed by atoms with van der Waals surface area (Å²) in [5.41, 5.74) is 2.30. The normalized spacial score (nSPS) is 16.0. The number of rotatable bonds is 8. The molecule has 150 valence electrons. The summed E-state index contributed by atoms with van der Waals surface area (Å²) >= 11 is 0. The van der Waals surface area contributed by atoms with Gasteiger partial charge in [-0.25, -0.2) is 0 Å². The van der Waals surface area contributed by atoms with E-state index in [1.165, 1.54) is 18.4 Å². The molecule has 0 saturated carbocycles. The molecule has 6 nitrogen and oxygen atoms in total. The van der Waals surface area contributed by atoms with E-state index in [0.29, 0.717) is 0 Å². The average molecular weight is 382 g/mol. The molecule has 0 aliphatic carbocycles. The van der Waals surface area contributed by atoms with Crippen LogP contribution in [0.1, 0.15) is 30.1 Å². The van der Waals surface area contributed by atoms with Crippen LogP contribution in [-0.4, -0.2) is 56.2 Å². The molecule has 0 bridgehead atoms. The number of para-hydroxylation sites is 1. The van der Waals surface area contributed by atoms with E-state index < -0.39 is 0 Å². The minimum Gasteiger partial charge on any atom is -0.496 e. The van der Waals surface area contributed by atoms with Crippen molar-refractivity contribution in [2.75, 3.05) is 40.3 Å². The van der Waals surface area contributed by atoms with Crippen LogP contribution in [0.15, 0.2) is 53.7 Å². The highest BCUT2D eigenvalue weighted by molar-refractivity contribution is 5.79. The summed E-state index contributed by atoms with van der Waals surface area (Å²) in [5.74, 6) is 1.76. The lowest BCUT2D eigenvalue weighted by Crippen LogP contribution is -2.43. The summed E-state index contributed by atoms with van der Waals surface area (Å²) in [4.78, 5) is 11.3. The van der Waals surface area contributed by atoms with Crippen LogP contribution in [0.5, 0.6) is 5.75 Å². The fraction of sp³-hybridized carbons (Fsp3) is 0.455. The third-order valence-corrected chi connectivity index (χ3v) is 5.17. The highest BCUT2D eigenvalue weighted by atomic mass is 16.5. The highest BCUT2D eigenvalue weighted by Gasteiger charge is 2.25. The third kappa shape index (κ3) is 5.45. The predicted molar refractivity (Wildman–Crippen MR) is 114 cm³/mol. The molecule has 0 amide bonds. The van der Waals surface area contributed by atoms with Crippen molar-refractivity contribution in [2.45, 2.75) is 25.3 Å². The number of nitrogens with one attached hydrogen (secondary N) is 2. The van der Waals surface area contributed by atoms with Gasteiger partial charge in [0.25, 0.3) is 0 Å². The third-order valence-electron chi connectivity index (χ3n) is 5.17. The summed E-state index contributed by atoms with van der Waals surface area (Å²) in [5, 5.41) is 6.90. The van der Waals surface area contributed by atoms with Gasteiger partial charge in [-0.05, 0) is 44.1 Å². The summed E-state index contributed by atoms with van der Waals surface area (Å²) in [6.45, 7) is 3.82. The Labute approximate surface area is 168 Å². The molecule has 1 atom stereocenters. The fourth-order valence-electron chi connectivity index (χ4n) is 3.70. The first-order valence-corrected chi connectivity index (χ1v) is 10.0. The second kappa shape index (κ2) is 10.7. The summed E-state index contributed by atoms with van der Waals surface area (Å²) in [7, 11) is 3.55. The maximum Gasteiger partial charge on any atom is 0.191 e. The van der Waals surface area contributed by atoms with Crippen molar-refractivity contribution in [2.24, 2.45) is 4.99 Å². The van der Waals surface area contributed by atoms with E-state index in [4.69, 9.17) is 4.74 Å². The monoisotopic (exact) mass is 381 g/mol. The van der Waals surface area contributed by atoms with Gasteiger partial charge in [-0.3, -0.25) is 14.9 Å². The number of methoxy groups -OCH3 is 1. The van der Waals surface area contributed by atoms with Gasteiger partial charge in [0.15, 0.2) is 5.96 Å². The summed E-state index contributed by atoms with van der Waals surface area (Å²) in [6, 6.07) is 14.6. The Balaban J connectivity index is 1.60. The first-order chi connectivity index (χ1) is 13.8. The Morgan fingerprint density at radius 2 is 1.93 bits per heavy atom. The molecule has 1 aliphatic heterocycles. The first-order valence-electron chi connectivity index (χ1n) is 10.0. The zero-order valence-electron chi connectivity index (χ0n) is 16.9. The first kappa shape index (κ1) is 20.1. The van der Waals surface area contributed by atoms with Crippen LogP contribution < -0.4 is 15.4 Å². The Kier molecular flexibility index (Phi) is 7.67. The molecular formula is C22H31N5O. The topological polar surface area (TPSA) is 61.8 Å². The van der Waals surface area contributed by atoms with Crippen LogP contribution in [0.3, 0.4) is 0 Å². The van der Waals surface area contributed by atoms with Gasteiger partial charge in [0.05, 0.1) is 13.2 Å². The van der Waals surface area contributed by atoms with E-state index in [1.807, 2.05) is 43.6 Å². The molecule has 1 aliphatic rings. The van der Waals surface area contributed by atoms with Gasteiger partial charge >= 0.3 is 0 Å². The lowest BCUT2D eigenvalue weighted by atomic mass is 10.0. The van der Waals surface area contributed by atoms with Crippen molar-refractivity contribution in [3.63, 3.8) is 0 Å². The van der Waals surface area contributed by atoms with Gasteiger partial charge in [0, 0.05) is 44.0 Å². The summed E-state index contributed by atoms with van der Waals surface area (Å²) < 4.78 is 5.63. The zero-order valence-corrected chi connectivity index (χ0v) is 16.9. The number of nitrogens with zero attached hydrogens (tertiary/aromatic N) is 3. The summed E-state index contributed by atoms with van der Waals surface area (Å²) in [6.07, 6.45) is 5.20. The second-order valence-corrected chi connectivity index (χ2v) is 6.95. The smallest absolute Gasteiger partial charge is 0.191 e. The Hall–Kier alpha value is -2.60. The molecule has 2 aromatic rings. The molecule has 6 heteroatoms. The Bertz CT molecular complexity index is 744. The van der Waals surface area contributed by atoms with Crippen molar-refractivity contribution in [1.82, 2.24) is 20.5 Å². The van der Waals surface area contributed by atoms with E-state index in [9.17, 15) is 0 Å². The molecule has 0 spiro atoms. The fourth-order valence-corrected chi connectivity index (χ4v) is 3.70. The van der Waals surface area contributed by atoms with Gasteiger partial charge in [0.2, 0.25) is 0 Å². The molecule has 1 unspecified atom stereocenters. The molecule has 1 fully saturated rings. The van der Waals surface area contributed by atoms with Gasteiger partial charge in [-0.2, -0.15) is 0 Å². The van der Waals surface area contributed by atoms with Gasteiger partial charge in [-0.1, -0.05) is 24.3 Å². The van der Waals surface area contributed by atoms with E-state index in [0.717, 1.165) is 50.0 Å². The van der Waals surface area contributed by atoms with E-state index >= 15 is 0 Å². The predicted octanol–water partition coefficient (Wildman–Crippen LogP) is 2.63. The molecule has 1 aromatic carbocycles. The van der Waals surface area contributed by atoms with Gasteiger partial charge in [0.1, 0.15) is 5.75 Å². The van der Waals surface area contributed by atoms with Crippen LogP contribution in [0.25, 0.3) is 0 Å². The van der Waals surface area contributed by atoms with Crippen LogP contribution in [0.4, 0.5) is 0 Å². The minimum atomic E-state index is 0.257. The SMILES string of the molecule is CN=C(NCCc1ccccn1)NCC(c1ccccc1OC)N1CCCC1. The molecule has 0 radical (unpaired) electrons. The highest BCUT2D eigenvalue weighted by Crippen LogP contribution is 2.31. The molecule has 1 saturated heterocycles. The molecule has 1 aromatic heterocycles. The van der Waals surface area contributed by atoms with Crippen LogP contribution in [0.2, 0.25) is 0 Å². The molecule has 28 heavy (non-hydrogen) atoms. The van der Waals surface area contributed by atoms with Crippen LogP contribution in [0, 0.1) is 0 Å². The maximum atomic E-state index is 5.63. The van der Waals surface area contributed by atoms with Crippen LogP contribution >= 0.6 is 0 Å². The largest absolute Gasteiger partial charge is 0.496 e. The lowest BCUT2D eigenvalue weighted by Gasteiger charge is -2.30. The number of pyridine rings is 1. The van der Waals surface area contributed by atoms with Crippen LogP contribution in [-0.2, 0) is 6.42 Å². The second-order valence-electron chi connectivity index (χ2n) is 6.95. The minimum absolute atomic E-state index is 0.257. The molecule has 2 heterocycles. The number of aliphatic imine (C=N–C) groups is 1. The number of guanidine groups is 1. The van der Waals surface area contributed by atoms with Gasteiger partial charge < -0.3 is 15.4 Å². The number of aromatic nitrogens is 1. The van der Waals surface area contributed by atoms with E-state index in [1.54, 1.807) is 7.11 Å². The number of hydrogen-bond acceptors (Lipinski definition) is 4. The quantitative estimate of drug-likeness (QED) is 0.544. The zero-order chi connectivity index (χ0) is 19.6. The number of likely N-dealkylation sites (tertiary alicyclic amines) is 1. The molecule has 2 N–H and O–H groups in total. The number of benzene rings is 1. The van der Waals surface area contributed by atoms with Crippen molar-refractivity contribution >= 4 is 5.96 Å². The Morgan fingerprint density at radius 1 is 1.14 bits per heavy atom. The lowest BCUT2D eigenvalue weighted by molar-refractivity contribution is 0.239. The van der Waals surface area contributed by atoms with E-state index in [-0.39, 0.29) is 6.04 Å². The number of ether oxygens (including phenoxy) is 1. The molecular weight excluding hydrogens is 350 g/mol.